The first kappa shape index (κ1) is 26.6. The molecule has 0 saturated carbocycles. The number of benzene rings is 3. The number of rotatable bonds is 8. The summed E-state index contributed by atoms with van der Waals surface area (Å²) < 4.78 is 16.1. The number of nitrogens with zero attached hydrogens (tertiary/aromatic N) is 2. The van der Waals surface area contributed by atoms with Crippen LogP contribution in [0.1, 0.15) is 32.1 Å². The number of halogens is 2. The van der Waals surface area contributed by atoms with Gasteiger partial charge in [0, 0.05) is 19.2 Å². The van der Waals surface area contributed by atoms with Crippen LogP contribution in [-0.4, -0.2) is 38.5 Å². The first-order valence-electron chi connectivity index (χ1n) is 11.6. The number of carboxylic acid groups (broad SMARTS) is 1. The molecule has 194 valence electrons. The Bertz CT molecular complexity index is 1500. The molecular weight excluding hydrogens is 511 g/mol. The number of hydrogen-bond acceptors (Lipinski definition) is 4. The van der Waals surface area contributed by atoms with Crippen molar-refractivity contribution in [3.8, 4) is 11.4 Å². The molecule has 1 heterocycles. The summed E-state index contributed by atoms with van der Waals surface area (Å²) in [5.74, 6) is -2.57. The fourth-order valence-electron chi connectivity index (χ4n) is 4.08. The predicted octanol–water partition coefficient (Wildman–Crippen LogP) is 4.87. The van der Waals surface area contributed by atoms with Gasteiger partial charge in [-0.3, -0.25) is 9.59 Å². The summed E-state index contributed by atoms with van der Waals surface area (Å²) in [4.78, 5) is 42.2. The quantitative estimate of drug-likeness (QED) is 0.298. The van der Waals surface area contributed by atoms with Gasteiger partial charge in [0.05, 0.1) is 21.8 Å². The maximum atomic E-state index is 14.7. The van der Waals surface area contributed by atoms with Crippen LogP contribution in [0.4, 0.5) is 10.1 Å². The van der Waals surface area contributed by atoms with E-state index in [-0.39, 0.29) is 34.1 Å². The zero-order valence-electron chi connectivity index (χ0n) is 20.5. The van der Waals surface area contributed by atoms with Crippen molar-refractivity contribution in [3.05, 3.63) is 106 Å². The lowest BCUT2D eigenvalue weighted by atomic mass is 10.0. The molecule has 0 aliphatic heterocycles. The van der Waals surface area contributed by atoms with E-state index in [2.05, 4.69) is 15.6 Å². The van der Waals surface area contributed by atoms with E-state index in [1.807, 2.05) is 30.3 Å². The van der Waals surface area contributed by atoms with Gasteiger partial charge in [0.2, 0.25) is 5.91 Å². The van der Waals surface area contributed by atoms with Crippen molar-refractivity contribution in [1.82, 2.24) is 14.9 Å². The molecule has 4 aromatic rings. The molecule has 0 bridgehead atoms. The molecule has 8 nitrogen and oxygen atoms in total. The van der Waals surface area contributed by atoms with Crippen molar-refractivity contribution in [1.29, 1.82) is 0 Å². The lowest BCUT2D eigenvalue weighted by Gasteiger charge is -2.19. The fraction of sp³-hybridized carbons (Fsp3) is 0.143. The van der Waals surface area contributed by atoms with E-state index >= 15 is 0 Å². The van der Waals surface area contributed by atoms with Gasteiger partial charge in [-0.1, -0.05) is 48.0 Å². The number of carbonyl (C=O) groups is 3. The number of hydrogen-bond donors (Lipinski definition) is 3. The molecule has 0 radical (unpaired) electrons. The molecule has 1 aromatic heterocycles. The molecule has 0 aliphatic rings. The van der Waals surface area contributed by atoms with Crippen molar-refractivity contribution >= 4 is 35.1 Å². The Labute approximate surface area is 223 Å². The third kappa shape index (κ3) is 5.73. The SMILES string of the molecule is Cc1nc(-c2cccc(Cl)c2F)n(C)c1C(=O)N[C@@H](Cc1ccccc1)C(=O)Nc1ccc(C(=O)O)cc1. The summed E-state index contributed by atoms with van der Waals surface area (Å²) in [7, 11) is 1.58. The van der Waals surface area contributed by atoms with Gasteiger partial charge in [0.1, 0.15) is 17.6 Å². The number of carbonyl (C=O) groups excluding carboxylic acids is 2. The molecule has 0 saturated heterocycles. The van der Waals surface area contributed by atoms with E-state index in [4.69, 9.17) is 16.7 Å². The monoisotopic (exact) mass is 534 g/mol. The Balaban J connectivity index is 1.61. The molecular formula is C28H24ClFN4O4. The maximum Gasteiger partial charge on any atom is 0.335 e. The van der Waals surface area contributed by atoms with Crippen LogP contribution in [-0.2, 0) is 18.3 Å². The Morgan fingerprint density at radius 1 is 1.03 bits per heavy atom. The average molecular weight is 535 g/mol. The summed E-state index contributed by atoms with van der Waals surface area (Å²) in [6.45, 7) is 1.62. The number of aromatic nitrogens is 2. The second-order valence-corrected chi connectivity index (χ2v) is 9.02. The van der Waals surface area contributed by atoms with Gasteiger partial charge in [-0.05, 0) is 48.9 Å². The normalized spacial score (nSPS) is 11.6. The summed E-state index contributed by atoms with van der Waals surface area (Å²) in [6, 6.07) is 18.4. The minimum Gasteiger partial charge on any atom is -0.478 e. The van der Waals surface area contributed by atoms with E-state index < -0.39 is 29.6 Å². The summed E-state index contributed by atoms with van der Waals surface area (Å²) >= 11 is 5.93. The largest absolute Gasteiger partial charge is 0.478 e. The topological polar surface area (TPSA) is 113 Å². The number of imidazole rings is 1. The van der Waals surface area contributed by atoms with E-state index in [1.165, 1.54) is 41.0 Å². The first-order valence-corrected chi connectivity index (χ1v) is 12.0. The van der Waals surface area contributed by atoms with Crippen molar-refractivity contribution in [2.45, 2.75) is 19.4 Å². The van der Waals surface area contributed by atoms with Gasteiger partial charge >= 0.3 is 5.97 Å². The average Bonchev–Trinajstić information content (AvgIpc) is 3.19. The van der Waals surface area contributed by atoms with Crippen LogP contribution < -0.4 is 10.6 Å². The van der Waals surface area contributed by atoms with E-state index in [0.717, 1.165) is 5.56 Å². The van der Waals surface area contributed by atoms with Crippen molar-refractivity contribution < 1.29 is 23.9 Å². The van der Waals surface area contributed by atoms with Crippen LogP contribution in [0.2, 0.25) is 5.02 Å². The van der Waals surface area contributed by atoms with E-state index in [9.17, 15) is 18.8 Å². The Morgan fingerprint density at radius 3 is 2.37 bits per heavy atom. The Hall–Kier alpha value is -4.50. The maximum absolute atomic E-state index is 14.7. The summed E-state index contributed by atoms with van der Waals surface area (Å²) in [5.41, 5.74) is 1.93. The molecule has 1 atom stereocenters. The standard InChI is InChI=1S/C28H24ClFN4O4/c1-16-24(34(2)25(31-16)20-9-6-10-21(29)23(20)30)27(36)33-22(15-17-7-4-3-5-8-17)26(35)32-19-13-11-18(12-14-19)28(37)38/h3-14,22H,15H2,1-2H3,(H,32,35)(H,33,36)(H,37,38)/t22-/m0/s1. The molecule has 4 rings (SSSR count). The fourth-order valence-corrected chi connectivity index (χ4v) is 4.26. The number of carboxylic acids is 1. The van der Waals surface area contributed by atoms with Gasteiger partial charge in [-0.25, -0.2) is 14.2 Å². The molecule has 0 fully saturated rings. The highest BCUT2D eigenvalue weighted by atomic mass is 35.5. The van der Waals surface area contributed by atoms with Crippen LogP contribution in [0.25, 0.3) is 11.4 Å². The molecule has 3 N–H and O–H groups in total. The second-order valence-electron chi connectivity index (χ2n) is 8.62. The summed E-state index contributed by atoms with van der Waals surface area (Å²) in [6.07, 6.45) is 0.193. The van der Waals surface area contributed by atoms with E-state index in [0.29, 0.717) is 11.4 Å². The Morgan fingerprint density at radius 2 is 1.71 bits per heavy atom. The summed E-state index contributed by atoms with van der Waals surface area (Å²) in [5, 5.41) is 14.5. The van der Waals surface area contributed by atoms with Crippen LogP contribution in [0, 0.1) is 12.7 Å². The van der Waals surface area contributed by atoms with Gasteiger partial charge < -0.3 is 20.3 Å². The lowest BCUT2D eigenvalue weighted by Crippen LogP contribution is -2.45. The number of aromatic carboxylic acids is 1. The highest BCUT2D eigenvalue weighted by Crippen LogP contribution is 2.28. The van der Waals surface area contributed by atoms with Crippen LogP contribution >= 0.6 is 11.6 Å². The van der Waals surface area contributed by atoms with Crippen LogP contribution in [0.15, 0.2) is 72.8 Å². The number of aryl methyl sites for hydroxylation is 1. The van der Waals surface area contributed by atoms with Gasteiger partial charge in [-0.15, -0.1) is 0 Å². The number of anilines is 1. The van der Waals surface area contributed by atoms with Gasteiger partial charge in [0.25, 0.3) is 5.91 Å². The highest BCUT2D eigenvalue weighted by Gasteiger charge is 2.27. The second kappa shape index (κ2) is 11.3. The van der Waals surface area contributed by atoms with Gasteiger partial charge in [0.15, 0.2) is 5.82 Å². The number of nitrogens with one attached hydrogen (secondary N) is 2. The van der Waals surface area contributed by atoms with Crippen LogP contribution in [0.3, 0.4) is 0 Å². The molecule has 2 amide bonds. The van der Waals surface area contributed by atoms with Gasteiger partial charge in [-0.2, -0.15) is 0 Å². The first-order chi connectivity index (χ1) is 18.2. The molecule has 0 unspecified atom stereocenters. The molecule has 3 aromatic carbocycles. The predicted molar refractivity (Wildman–Crippen MR) is 142 cm³/mol. The van der Waals surface area contributed by atoms with Crippen molar-refractivity contribution in [2.75, 3.05) is 5.32 Å². The minimum atomic E-state index is -1.08. The Kier molecular flexibility index (Phi) is 7.87. The smallest absolute Gasteiger partial charge is 0.335 e. The molecule has 0 aliphatic carbocycles. The molecule has 0 spiro atoms. The van der Waals surface area contributed by atoms with Crippen molar-refractivity contribution in [2.24, 2.45) is 7.05 Å². The molecule has 10 heteroatoms. The third-order valence-electron chi connectivity index (χ3n) is 5.98. The minimum absolute atomic E-state index is 0.0647. The molecule has 38 heavy (non-hydrogen) atoms. The lowest BCUT2D eigenvalue weighted by molar-refractivity contribution is -0.118. The third-order valence-corrected chi connectivity index (χ3v) is 6.27. The van der Waals surface area contributed by atoms with Crippen molar-refractivity contribution in [3.63, 3.8) is 0 Å². The zero-order chi connectivity index (χ0) is 27.4. The van der Waals surface area contributed by atoms with E-state index in [1.54, 1.807) is 20.0 Å². The number of amides is 2. The zero-order valence-corrected chi connectivity index (χ0v) is 21.3. The van der Waals surface area contributed by atoms with Crippen LogP contribution in [0.5, 0.6) is 0 Å². The highest BCUT2D eigenvalue weighted by molar-refractivity contribution is 6.31.